The molecule has 2 aromatic rings. The van der Waals surface area contributed by atoms with E-state index in [9.17, 15) is 0 Å². The van der Waals surface area contributed by atoms with Crippen molar-refractivity contribution < 1.29 is 4.74 Å². The molecule has 0 fully saturated rings. The van der Waals surface area contributed by atoms with Gasteiger partial charge in [0, 0.05) is 11.4 Å². The number of ether oxygens (including phenoxy) is 1. The molecule has 2 rings (SSSR count). The van der Waals surface area contributed by atoms with E-state index in [1.165, 1.54) is 0 Å². The topological polar surface area (TPSA) is 61.0 Å². The number of benzene rings is 1. The summed E-state index contributed by atoms with van der Waals surface area (Å²) in [5.41, 5.74) is 8.21. The maximum Gasteiger partial charge on any atom is 0.322 e. The van der Waals surface area contributed by atoms with E-state index in [1.54, 1.807) is 24.3 Å². The van der Waals surface area contributed by atoms with E-state index < -0.39 is 0 Å². The van der Waals surface area contributed by atoms with Gasteiger partial charge < -0.3 is 10.5 Å². The van der Waals surface area contributed by atoms with Gasteiger partial charge in [-0.1, -0.05) is 13.8 Å². The van der Waals surface area contributed by atoms with Crippen molar-refractivity contribution in [2.45, 2.75) is 26.7 Å². The Labute approximate surface area is 107 Å². The van der Waals surface area contributed by atoms with Crippen LogP contribution in [0.25, 0.3) is 0 Å². The van der Waals surface area contributed by atoms with Gasteiger partial charge in [-0.15, -0.1) is 0 Å². The van der Waals surface area contributed by atoms with Crippen LogP contribution in [-0.4, -0.2) is 9.97 Å². The Bertz CT molecular complexity index is 535. The molecule has 1 heterocycles. The Morgan fingerprint density at radius 1 is 1.11 bits per heavy atom. The van der Waals surface area contributed by atoms with Crippen molar-refractivity contribution >= 4 is 5.69 Å². The molecule has 0 radical (unpaired) electrons. The van der Waals surface area contributed by atoms with Gasteiger partial charge in [0.1, 0.15) is 5.75 Å². The minimum atomic E-state index is 0.348. The number of rotatable bonds is 3. The molecule has 4 nitrogen and oxygen atoms in total. The first-order valence-corrected chi connectivity index (χ1v) is 5.93. The van der Waals surface area contributed by atoms with Crippen molar-refractivity contribution in [2.24, 2.45) is 0 Å². The molecule has 0 atom stereocenters. The van der Waals surface area contributed by atoms with Gasteiger partial charge >= 0.3 is 6.01 Å². The van der Waals surface area contributed by atoms with Gasteiger partial charge in [-0.3, -0.25) is 0 Å². The van der Waals surface area contributed by atoms with Crippen LogP contribution >= 0.6 is 0 Å². The summed E-state index contributed by atoms with van der Waals surface area (Å²) < 4.78 is 5.63. The molecular weight excluding hydrogens is 226 g/mol. The highest BCUT2D eigenvalue weighted by atomic mass is 16.5. The predicted octanol–water partition coefficient (Wildman–Crippen LogP) is 3.28. The number of nitrogens with two attached hydrogens (primary N) is 1. The number of hydrogen-bond donors (Lipinski definition) is 1. The quantitative estimate of drug-likeness (QED) is 0.840. The Morgan fingerprint density at radius 2 is 1.78 bits per heavy atom. The second-order valence-electron chi connectivity index (χ2n) is 4.54. The summed E-state index contributed by atoms with van der Waals surface area (Å²) in [4.78, 5) is 8.66. The van der Waals surface area contributed by atoms with Crippen LogP contribution in [-0.2, 0) is 0 Å². The Kier molecular flexibility index (Phi) is 3.46. The van der Waals surface area contributed by atoms with E-state index in [2.05, 4.69) is 23.8 Å². The molecule has 18 heavy (non-hydrogen) atoms. The van der Waals surface area contributed by atoms with E-state index in [4.69, 9.17) is 10.5 Å². The fourth-order valence-corrected chi connectivity index (χ4v) is 1.55. The first kappa shape index (κ1) is 12.4. The Morgan fingerprint density at radius 3 is 2.39 bits per heavy atom. The average molecular weight is 243 g/mol. The van der Waals surface area contributed by atoms with Crippen molar-refractivity contribution in [2.75, 3.05) is 5.73 Å². The van der Waals surface area contributed by atoms with Gasteiger partial charge in [-0.2, -0.15) is 4.98 Å². The maximum absolute atomic E-state index is 5.63. The first-order valence-electron chi connectivity index (χ1n) is 5.93. The largest absolute Gasteiger partial charge is 0.424 e. The molecule has 0 aliphatic heterocycles. The van der Waals surface area contributed by atoms with Crippen molar-refractivity contribution in [3.63, 3.8) is 0 Å². The number of nitrogens with zero attached hydrogens (tertiary/aromatic N) is 2. The highest BCUT2D eigenvalue weighted by molar-refractivity contribution is 5.42. The second-order valence-corrected chi connectivity index (χ2v) is 4.54. The fraction of sp³-hybridized carbons (Fsp3) is 0.286. The molecule has 1 aromatic carbocycles. The molecule has 0 bridgehead atoms. The van der Waals surface area contributed by atoms with E-state index in [0.29, 0.717) is 23.4 Å². The minimum absolute atomic E-state index is 0.348. The van der Waals surface area contributed by atoms with E-state index in [1.807, 2.05) is 13.0 Å². The van der Waals surface area contributed by atoms with Crippen LogP contribution in [0.5, 0.6) is 11.8 Å². The van der Waals surface area contributed by atoms with E-state index in [-0.39, 0.29) is 0 Å². The lowest BCUT2D eigenvalue weighted by Gasteiger charge is -2.09. The summed E-state index contributed by atoms with van der Waals surface area (Å²) >= 11 is 0. The fourth-order valence-electron chi connectivity index (χ4n) is 1.55. The smallest absolute Gasteiger partial charge is 0.322 e. The maximum atomic E-state index is 5.63. The number of hydrogen-bond acceptors (Lipinski definition) is 4. The van der Waals surface area contributed by atoms with Gasteiger partial charge in [0.25, 0.3) is 0 Å². The zero-order chi connectivity index (χ0) is 13.1. The SMILES string of the molecule is Cc1cc(C(C)C)nc(Oc2ccc(N)cc2)n1. The first-order chi connectivity index (χ1) is 8.54. The molecule has 0 amide bonds. The van der Waals surface area contributed by atoms with Gasteiger partial charge in [0.2, 0.25) is 0 Å². The minimum Gasteiger partial charge on any atom is -0.424 e. The molecule has 94 valence electrons. The zero-order valence-corrected chi connectivity index (χ0v) is 10.8. The van der Waals surface area contributed by atoms with Crippen molar-refractivity contribution in [1.29, 1.82) is 0 Å². The number of anilines is 1. The second kappa shape index (κ2) is 5.04. The Hall–Kier alpha value is -2.10. The number of aromatic nitrogens is 2. The number of aryl methyl sites for hydroxylation is 1. The molecule has 0 saturated carbocycles. The summed E-state index contributed by atoms with van der Waals surface area (Å²) in [6, 6.07) is 9.53. The van der Waals surface area contributed by atoms with Gasteiger partial charge in [-0.25, -0.2) is 4.98 Å². The van der Waals surface area contributed by atoms with Crippen LogP contribution in [0.2, 0.25) is 0 Å². The lowest BCUT2D eigenvalue weighted by atomic mass is 10.1. The van der Waals surface area contributed by atoms with Gasteiger partial charge in [0.15, 0.2) is 0 Å². The standard InChI is InChI=1S/C14H17N3O/c1-9(2)13-8-10(3)16-14(17-13)18-12-6-4-11(15)5-7-12/h4-9H,15H2,1-3H3. The van der Waals surface area contributed by atoms with Gasteiger partial charge in [0.05, 0.1) is 5.69 Å². The molecule has 0 aliphatic carbocycles. The summed E-state index contributed by atoms with van der Waals surface area (Å²) in [7, 11) is 0. The molecule has 0 unspecified atom stereocenters. The van der Waals surface area contributed by atoms with Crippen molar-refractivity contribution in [1.82, 2.24) is 9.97 Å². The molecular formula is C14H17N3O. The Balaban J connectivity index is 2.26. The van der Waals surface area contributed by atoms with Crippen LogP contribution in [0.4, 0.5) is 5.69 Å². The van der Waals surface area contributed by atoms with Gasteiger partial charge in [-0.05, 0) is 43.2 Å². The molecule has 0 spiro atoms. The highest BCUT2D eigenvalue weighted by Crippen LogP contribution is 2.21. The lowest BCUT2D eigenvalue weighted by molar-refractivity contribution is 0.436. The van der Waals surface area contributed by atoms with Crippen LogP contribution in [0, 0.1) is 6.92 Å². The predicted molar refractivity (Wildman–Crippen MR) is 71.8 cm³/mol. The third-order valence-electron chi connectivity index (χ3n) is 2.53. The van der Waals surface area contributed by atoms with Crippen LogP contribution in [0.1, 0.15) is 31.2 Å². The number of nitrogen functional groups attached to an aromatic ring is 1. The average Bonchev–Trinajstić information content (AvgIpc) is 2.31. The lowest BCUT2D eigenvalue weighted by Crippen LogP contribution is -2.00. The van der Waals surface area contributed by atoms with Crippen molar-refractivity contribution in [3.8, 4) is 11.8 Å². The van der Waals surface area contributed by atoms with Crippen LogP contribution < -0.4 is 10.5 Å². The molecule has 1 aromatic heterocycles. The summed E-state index contributed by atoms with van der Waals surface area (Å²) in [5, 5.41) is 0. The summed E-state index contributed by atoms with van der Waals surface area (Å²) in [5.74, 6) is 1.03. The molecule has 0 saturated heterocycles. The summed E-state index contributed by atoms with van der Waals surface area (Å²) in [6.45, 7) is 6.12. The van der Waals surface area contributed by atoms with Crippen LogP contribution in [0.15, 0.2) is 30.3 Å². The highest BCUT2D eigenvalue weighted by Gasteiger charge is 2.07. The summed E-state index contributed by atoms with van der Waals surface area (Å²) in [6.07, 6.45) is 0. The van der Waals surface area contributed by atoms with Crippen molar-refractivity contribution in [3.05, 3.63) is 41.7 Å². The van der Waals surface area contributed by atoms with E-state index in [0.717, 1.165) is 11.4 Å². The monoisotopic (exact) mass is 243 g/mol. The molecule has 4 heteroatoms. The zero-order valence-electron chi connectivity index (χ0n) is 10.8. The molecule has 2 N–H and O–H groups in total. The third-order valence-corrected chi connectivity index (χ3v) is 2.53. The van der Waals surface area contributed by atoms with Crippen LogP contribution in [0.3, 0.4) is 0 Å². The van der Waals surface area contributed by atoms with E-state index >= 15 is 0 Å². The normalized spacial score (nSPS) is 10.7. The molecule has 0 aliphatic rings. The third kappa shape index (κ3) is 2.97.